The van der Waals surface area contributed by atoms with E-state index in [2.05, 4.69) is 13.2 Å². The topological polar surface area (TPSA) is 27.7 Å². The first-order chi connectivity index (χ1) is 12.1. The predicted octanol–water partition coefficient (Wildman–Crippen LogP) is 5.24. The molecule has 2 aromatic carbocycles. The number of hydrogen-bond acceptors (Lipinski definition) is 3. The molecule has 2 unspecified atom stereocenters. The molecule has 25 heavy (non-hydrogen) atoms. The standard InChI is InChI=1S/C22H26O3/c1-17(23-15-21-11-7-5-8-12-21)19(3)25-20(4)18(2)24-16-22-13-9-6-10-14-22/h5-14,17-18H,3-4,15-16H2,1-2H3. The van der Waals surface area contributed by atoms with Crippen molar-refractivity contribution in [1.29, 1.82) is 0 Å². The van der Waals surface area contributed by atoms with Crippen LogP contribution in [0.5, 0.6) is 0 Å². The van der Waals surface area contributed by atoms with Crippen LogP contribution in [0.3, 0.4) is 0 Å². The molecule has 0 aliphatic heterocycles. The van der Waals surface area contributed by atoms with Gasteiger partial charge in [-0.3, -0.25) is 0 Å². The maximum Gasteiger partial charge on any atom is 0.125 e. The Morgan fingerprint density at radius 2 is 1.08 bits per heavy atom. The quantitative estimate of drug-likeness (QED) is 0.554. The highest BCUT2D eigenvalue weighted by Crippen LogP contribution is 2.17. The number of ether oxygens (including phenoxy) is 3. The van der Waals surface area contributed by atoms with Crippen LogP contribution < -0.4 is 0 Å². The van der Waals surface area contributed by atoms with E-state index in [9.17, 15) is 0 Å². The minimum atomic E-state index is -0.238. The fourth-order valence-corrected chi connectivity index (χ4v) is 2.11. The van der Waals surface area contributed by atoms with E-state index in [-0.39, 0.29) is 12.2 Å². The number of hydrogen-bond donors (Lipinski definition) is 0. The van der Waals surface area contributed by atoms with Gasteiger partial charge in [-0.1, -0.05) is 73.8 Å². The first-order valence-corrected chi connectivity index (χ1v) is 8.42. The lowest BCUT2D eigenvalue weighted by atomic mass is 10.2. The van der Waals surface area contributed by atoms with E-state index in [4.69, 9.17) is 14.2 Å². The van der Waals surface area contributed by atoms with Crippen molar-refractivity contribution < 1.29 is 14.2 Å². The van der Waals surface area contributed by atoms with Gasteiger partial charge >= 0.3 is 0 Å². The fourth-order valence-electron chi connectivity index (χ4n) is 2.11. The molecule has 132 valence electrons. The zero-order chi connectivity index (χ0) is 18.1. The van der Waals surface area contributed by atoms with Gasteiger partial charge < -0.3 is 14.2 Å². The minimum absolute atomic E-state index is 0.238. The molecule has 2 atom stereocenters. The molecular weight excluding hydrogens is 312 g/mol. The number of rotatable bonds is 10. The van der Waals surface area contributed by atoms with Crippen LogP contribution in [0, 0.1) is 0 Å². The first-order valence-electron chi connectivity index (χ1n) is 8.42. The van der Waals surface area contributed by atoms with Crippen LogP contribution in [0.4, 0.5) is 0 Å². The summed E-state index contributed by atoms with van der Waals surface area (Å²) in [6, 6.07) is 20.0. The molecule has 0 aliphatic carbocycles. The van der Waals surface area contributed by atoms with Gasteiger partial charge in [0.2, 0.25) is 0 Å². The zero-order valence-corrected chi connectivity index (χ0v) is 15.0. The van der Waals surface area contributed by atoms with Crippen molar-refractivity contribution in [3.05, 3.63) is 96.5 Å². The summed E-state index contributed by atoms with van der Waals surface area (Å²) in [6.45, 7) is 12.7. The van der Waals surface area contributed by atoms with Crippen molar-refractivity contribution >= 4 is 0 Å². The Morgan fingerprint density at radius 3 is 1.44 bits per heavy atom. The molecule has 0 saturated heterocycles. The van der Waals surface area contributed by atoms with E-state index in [0.29, 0.717) is 24.7 Å². The molecule has 0 saturated carbocycles. The van der Waals surface area contributed by atoms with E-state index in [1.165, 1.54) is 0 Å². The largest absolute Gasteiger partial charge is 0.462 e. The molecule has 0 bridgehead atoms. The van der Waals surface area contributed by atoms with Crippen LogP contribution in [0.15, 0.2) is 85.3 Å². The molecule has 0 heterocycles. The predicted molar refractivity (Wildman–Crippen MR) is 101 cm³/mol. The van der Waals surface area contributed by atoms with Gasteiger partial charge in [-0.25, -0.2) is 0 Å². The Morgan fingerprint density at radius 1 is 0.720 bits per heavy atom. The molecule has 0 N–H and O–H groups in total. The van der Waals surface area contributed by atoms with Crippen LogP contribution in [0.25, 0.3) is 0 Å². The fraction of sp³-hybridized carbons (Fsp3) is 0.273. The van der Waals surface area contributed by atoms with Gasteiger partial charge in [0.05, 0.1) is 13.2 Å². The maximum absolute atomic E-state index is 5.79. The lowest BCUT2D eigenvalue weighted by molar-refractivity contribution is 0.0134. The van der Waals surface area contributed by atoms with Crippen LogP contribution in [0.2, 0.25) is 0 Å². The van der Waals surface area contributed by atoms with Gasteiger partial charge in [0, 0.05) is 0 Å². The molecule has 3 nitrogen and oxygen atoms in total. The molecule has 2 aromatic rings. The van der Waals surface area contributed by atoms with E-state index in [0.717, 1.165) is 11.1 Å². The van der Waals surface area contributed by atoms with Crippen molar-refractivity contribution in [2.24, 2.45) is 0 Å². The second-order valence-electron chi connectivity index (χ2n) is 5.91. The normalized spacial score (nSPS) is 13.0. The van der Waals surface area contributed by atoms with Crippen LogP contribution in [-0.2, 0) is 27.4 Å². The second-order valence-corrected chi connectivity index (χ2v) is 5.91. The summed E-state index contributed by atoms with van der Waals surface area (Å²) < 4.78 is 17.3. The summed E-state index contributed by atoms with van der Waals surface area (Å²) >= 11 is 0. The Kier molecular flexibility index (Phi) is 7.45. The van der Waals surface area contributed by atoms with Gasteiger partial charge in [0.15, 0.2) is 0 Å². The van der Waals surface area contributed by atoms with Gasteiger partial charge in [-0.15, -0.1) is 0 Å². The van der Waals surface area contributed by atoms with Gasteiger partial charge in [-0.05, 0) is 25.0 Å². The van der Waals surface area contributed by atoms with Gasteiger partial charge in [0.1, 0.15) is 23.7 Å². The van der Waals surface area contributed by atoms with Crippen molar-refractivity contribution in [2.75, 3.05) is 0 Å². The molecule has 0 fully saturated rings. The molecule has 0 aliphatic rings. The molecule has 0 spiro atoms. The average molecular weight is 338 g/mol. The van der Waals surface area contributed by atoms with Gasteiger partial charge in [-0.2, -0.15) is 0 Å². The summed E-state index contributed by atoms with van der Waals surface area (Å²) in [5.74, 6) is 1.05. The van der Waals surface area contributed by atoms with Crippen molar-refractivity contribution in [3.8, 4) is 0 Å². The third kappa shape index (κ3) is 6.57. The minimum Gasteiger partial charge on any atom is -0.462 e. The van der Waals surface area contributed by atoms with Crippen molar-refractivity contribution in [1.82, 2.24) is 0 Å². The van der Waals surface area contributed by atoms with Crippen molar-refractivity contribution in [2.45, 2.75) is 39.3 Å². The number of benzene rings is 2. The van der Waals surface area contributed by atoms with Crippen LogP contribution in [-0.4, -0.2) is 12.2 Å². The first kappa shape index (κ1) is 19.0. The highest BCUT2D eigenvalue weighted by molar-refractivity contribution is 5.14. The Bertz CT molecular complexity index is 605. The monoisotopic (exact) mass is 338 g/mol. The second kappa shape index (κ2) is 9.82. The Labute approximate surface area is 150 Å². The SMILES string of the molecule is C=C(OC(=C)C(C)OCc1ccccc1)C(C)OCc1ccccc1. The smallest absolute Gasteiger partial charge is 0.125 e. The lowest BCUT2D eigenvalue weighted by Crippen LogP contribution is -2.18. The van der Waals surface area contributed by atoms with E-state index >= 15 is 0 Å². The molecule has 0 aromatic heterocycles. The molecular formula is C22H26O3. The average Bonchev–Trinajstić information content (AvgIpc) is 2.65. The zero-order valence-electron chi connectivity index (χ0n) is 15.0. The molecule has 3 heteroatoms. The maximum atomic E-state index is 5.79. The highest BCUT2D eigenvalue weighted by Gasteiger charge is 2.15. The van der Waals surface area contributed by atoms with Crippen LogP contribution >= 0.6 is 0 Å². The third-order valence-corrected chi connectivity index (χ3v) is 3.85. The Balaban J connectivity index is 1.73. The lowest BCUT2D eigenvalue weighted by Gasteiger charge is -2.21. The van der Waals surface area contributed by atoms with Gasteiger partial charge in [0.25, 0.3) is 0 Å². The summed E-state index contributed by atoms with van der Waals surface area (Å²) in [6.07, 6.45) is -0.475. The summed E-state index contributed by atoms with van der Waals surface area (Å²) in [5, 5.41) is 0. The van der Waals surface area contributed by atoms with E-state index in [1.54, 1.807) is 0 Å². The molecule has 0 radical (unpaired) electrons. The summed E-state index contributed by atoms with van der Waals surface area (Å²) in [7, 11) is 0. The Hall–Kier alpha value is -2.36. The third-order valence-electron chi connectivity index (χ3n) is 3.85. The highest BCUT2D eigenvalue weighted by atomic mass is 16.6. The molecule has 0 amide bonds. The van der Waals surface area contributed by atoms with E-state index in [1.807, 2.05) is 74.5 Å². The van der Waals surface area contributed by atoms with Crippen LogP contribution in [0.1, 0.15) is 25.0 Å². The van der Waals surface area contributed by atoms with Crippen molar-refractivity contribution in [3.63, 3.8) is 0 Å². The summed E-state index contributed by atoms with van der Waals surface area (Å²) in [4.78, 5) is 0. The molecule has 2 rings (SSSR count). The van der Waals surface area contributed by atoms with E-state index < -0.39 is 0 Å². The summed E-state index contributed by atoms with van der Waals surface area (Å²) in [5.41, 5.74) is 2.22.